The Morgan fingerprint density at radius 3 is 2.07 bits per heavy atom. The first kappa shape index (κ1) is 12.3. The molecule has 0 radical (unpaired) electrons. The predicted molar refractivity (Wildman–Crippen MR) is 64.8 cm³/mol. The molecule has 2 heteroatoms. The van der Waals surface area contributed by atoms with Gasteiger partial charge in [-0.15, -0.1) is 0 Å². The Morgan fingerprint density at radius 1 is 1.07 bits per heavy atom. The first-order chi connectivity index (χ1) is 7.15. The van der Waals surface area contributed by atoms with E-state index in [4.69, 9.17) is 11.6 Å². The number of halogens is 1. The van der Waals surface area contributed by atoms with Crippen molar-refractivity contribution in [1.29, 1.82) is 0 Å². The van der Waals surface area contributed by atoms with Crippen LogP contribution in [0.2, 0.25) is 0 Å². The zero-order valence-electron chi connectivity index (χ0n) is 9.56. The van der Waals surface area contributed by atoms with E-state index in [1.165, 1.54) is 11.1 Å². The minimum Gasteiger partial charge on any atom is -0.276 e. The summed E-state index contributed by atoms with van der Waals surface area (Å²) in [6.07, 6.45) is 2.84. The molecule has 0 saturated heterocycles. The monoisotopic (exact) mass is 224 g/mol. The number of carbonyl (C=O) groups is 1. The van der Waals surface area contributed by atoms with Crippen LogP contribution in [0.25, 0.3) is 0 Å². The van der Waals surface area contributed by atoms with Crippen LogP contribution in [0.1, 0.15) is 47.8 Å². The molecule has 0 N–H and O–H groups in total. The Balaban J connectivity index is 3.40. The van der Waals surface area contributed by atoms with Crippen LogP contribution in [0.15, 0.2) is 12.1 Å². The second kappa shape index (κ2) is 5.32. The smallest absolute Gasteiger partial charge is 0.252 e. The maximum absolute atomic E-state index is 11.3. The van der Waals surface area contributed by atoms with Crippen molar-refractivity contribution in [3.8, 4) is 0 Å². The number of aryl methyl sites for hydroxylation is 1. The van der Waals surface area contributed by atoms with E-state index < -0.39 is 0 Å². The number of hydrogen-bond acceptors (Lipinski definition) is 1. The van der Waals surface area contributed by atoms with Crippen LogP contribution in [0.4, 0.5) is 0 Å². The van der Waals surface area contributed by atoms with Gasteiger partial charge in [-0.05, 0) is 53.6 Å². The van der Waals surface area contributed by atoms with Gasteiger partial charge in [-0.1, -0.05) is 26.8 Å². The van der Waals surface area contributed by atoms with Gasteiger partial charge >= 0.3 is 0 Å². The maximum Gasteiger partial charge on any atom is 0.252 e. The summed E-state index contributed by atoms with van der Waals surface area (Å²) in [7, 11) is 0. The third-order valence-corrected chi connectivity index (χ3v) is 3.03. The maximum atomic E-state index is 11.3. The number of carbonyl (C=O) groups excluding carboxylic acids is 1. The summed E-state index contributed by atoms with van der Waals surface area (Å²) >= 11 is 5.57. The molecule has 1 aromatic rings. The van der Waals surface area contributed by atoms with Crippen molar-refractivity contribution >= 4 is 16.8 Å². The molecule has 1 aromatic carbocycles. The summed E-state index contributed by atoms with van der Waals surface area (Å²) in [5, 5.41) is -0.343. The molecular weight excluding hydrogens is 208 g/mol. The average Bonchev–Trinajstić information content (AvgIpc) is 2.26. The zero-order valence-corrected chi connectivity index (χ0v) is 10.3. The highest BCUT2D eigenvalue weighted by Crippen LogP contribution is 2.22. The van der Waals surface area contributed by atoms with Gasteiger partial charge in [0.1, 0.15) is 0 Å². The van der Waals surface area contributed by atoms with Gasteiger partial charge in [-0.2, -0.15) is 0 Å². The zero-order chi connectivity index (χ0) is 11.4. The number of hydrogen-bond donors (Lipinski definition) is 0. The minimum atomic E-state index is -0.343. The Hall–Kier alpha value is -0.820. The van der Waals surface area contributed by atoms with Crippen LogP contribution in [0.3, 0.4) is 0 Å². The lowest BCUT2D eigenvalue weighted by atomic mass is 9.92. The van der Waals surface area contributed by atoms with Gasteiger partial charge in [-0.3, -0.25) is 4.79 Å². The Bertz CT molecular complexity index is 369. The number of benzene rings is 1. The first-order valence-electron chi connectivity index (χ1n) is 5.49. The van der Waals surface area contributed by atoms with Gasteiger partial charge in [0.15, 0.2) is 0 Å². The fourth-order valence-corrected chi connectivity index (χ4v) is 2.28. The summed E-state index contributed by atoms with van der Waals surface area (Å²) < 4.78 is 0. The SMILES string of the molecule is CCc1ccc(C(=O)Cl)c(CC)c1CC. The van der Waals surface area contributed by atoms with Gasteiger partial charge in [-0.25, -0.2) is 0 Å². The lowest BCUT2D eigenvalue weighted by Gasteiger charge is -2.14. The minimum absolute atomic E-state index is 0.343. The van der Waals surface area contributed by atoms with Gasteiger partial charge in [0.2, 0.25) is 0 Å². The second-order valence-corrected chi connectivity index (χ2v) is 3.91. The Kier molecular flexibility index (Phi) is 4.34. The van der Waals surface area contributed by atoms with E-state index in [9.17, 15) is 4.79 Å². The van der Waals surface area contributed by atoms with Gasteiger partial charge in [0.05, 0.1) is 0 Å². The molecule has 15 heavy (non-hydrogen) atoms. The highest BCUT2D eigenvalue weighted by atomic mass is 35.5. The molecule has 0 bridgehead atoms. The molecule has 0 fully saturated rings. The second-order valence-electron chi connectivity index (χ2n) is 3.56. The van der Waals surface area contributed by atoms with Crippen molar-refractivity contribution in [3.63, 3.8) is 0 Å². The molecule has 0 unspecified atom stereocenters. The van der Waals surface area contributed by atoms with E-state index in [2.05, 4.69) is 20.8 Å². The molecule has 0 aliphatic carbocycles. The molecule has 0 spiro atoms. The standard InChI is InChI=1S/C13H17ClO/c1-4-9-7-8-12(13(14)15)11(6-3)10(9)5-2/h7-8H,4-6H2,1-3H3. The van der Waals surface area contributed by atoms with Crippen LogP contribution in [-0.4, -0.2) is 5.24 Å². The molecule has 0 aliphatic rings. The van der Waals surface area contributed by atoms with Gasteiger partial charge in [0.25, 0.3) is 5.24 Å². The van der Waals surface area contributed by atoms with E-state index in [0.717, 1.165) is 24.8 Å². The Labute approximate surface area is 96.5 Å². The predicted octanol–water partition coefficient (Wildman–Crippen LogP) is 3.75. The van der Waals surface area contributed by atoms with Crippen molar-refractivity contribution in [2.75, 3.05) is 0 Å². The quantitative estimate of drug-likeness (QED) is 0.712. The molecule has 82 valence electrons. The van der Waals surface area contributed by atoms with E-state index in [0.29, 0.717) is 5.56 Å². The normalized spacial score (nSPS) is 10.4. The average molecular weight is 225 g/mol. The van der Waals surface area contributed by atoms with Crippen LogP contribution in [-0.2, 0) is 19.3 Å². The van der Waals surface area contributed by atoms with Crippen LogP contribution >= 0.6 is 11.6 Å². The fourth-order valence-electron chi connectivity index (χ4n) is 2.10. The van der Waals surface area contributed by atoms with Crippen molar-refractivity contribution in [3.05, 3.63) is 34.4 Å². The molecular formula is C13H17ClO. The van der Waals surface area contributed by atoms with Gasteiger partial charge in [0, 0.05) is 5.56 Å². The molecule has 1 nitrogen and oxygen atoms in total. The third-order valence-electron chi connectivity index (χ3n) is 2.83. The number of rotatable bonds is 4. The van der Waals surface area contributed by atoms with Crippen molar-refractivity contribution < 1.29 is 4.79 Å². The molecule has 0 heterocycles. The summed E-state index contributed by atoms with van der Waals surface area (Å²) in [5.41, 5.74) is 4.42. The van der Waals surface area contributed by atoms with Crippen molar-refractivity contribution in [1.82, 2.24) is 0 Å². The fraction of sp³-hybridized carbons (Fsp3) is 0.462. The third kappa shape index (κ3) is 2.40. The van der Waals surface area contributed by atoms with E-state index in [1.54, 1.807) is 0 Å². The summed E-state index contributed by atoms with van der Waals surface area (Å²) in [4.78, 5) is 11.3. The lowest BCUT2D eigenvalue weighted by molar-refractivity contribution is 0.108. The first-order valence-corrected chi connectivity index (χ1v) is 5.86. The topological polar surface area (TPSA) is 17.1 Å². The molecule has 0 aromatic heterocycles. The Morgan fingerprint density at radius 2 is 1.67 bits per heavy atom. The van der Waals surface area contributed by atoms with Gasteiger partial charge < -0.3 is 0 Å². The highest BCUT2D eigenvalue weighted by Gasteiger charge is 2.13. The van der Waals surface area contributed by atoms with E-state index in [-0.39, 0.29) is 5.24 Å². The molecule has 0 atom stereocenters. The van der Waals surface area contributed by atoms with Crippen LogP contribution in [0, 0.1) is 0 Å². The molecule has 0 amide bonds. The van der Waals surface area contributed by atoms with Crippen LogP contribution < -0.4 is 0 Å². The molecule has 0 saturated carbocycles. The van der Waals surface area contributed by atoms with Crippen molar-refractivity contribution in [2.24, 2.45) is 0 Å². The van der Waals surface area contributed by atoms with E-state index in [1.807, 2.05) is 12.1 Å². The van der Waals surface area contributed by atoms with E-state index >= 15 is 0 Å². The lowest BCUT2D eigenvalue weighted by Crippen LogP contribution is -2.04. The largest absolute Gasteiger partial charge is 0.276 e. The summed E-state index contributed by atoms with van der Waals surface area (Å²) in [6, 6.07) is 3.87. The molecule has 0 aliphatic heterocycles. The van der Waals surface area contributed by atoms with Crippen molar-refractivity contribution in [2.45, 2.75) is 40.0 Å². The molecule has 1 rings (SSSR count). The van der Waals surface area contributed by atoms with Crippen LogP contribution in [0.5, 0.6) is 0 Å². The summed E-state index contributed by atoms with van der Waals surface area (Å²) in [5.74, 6) is 0. The summed E-state index contributed by atoms with van der Waals surface area (Å²) in [6.45, 7) is 6.32. The highest BCUT2D eigenvalue weighted by molar-refractivity contribution is 6.67.